The number of piperazine rings is 1. The van der Waals surface area contributed by atoms with E-state index in [1.807, 2.05) is 0 Å². The highest BCUT2D eigenvalue weighted by Gasteiger charge is 2.36. The summed E-state index contributed by atoms with van der Waals surface area (Å²) in [5, 5.41) is 0.106. The number of nitrogens with zero attached hydrogens (tertiary/aromatic N) is 2. The molecule has 7 nitrogen and oxygen atoms in total. The van der Waals surface area contributed by atoms with Crippen molar-refractivity contribution < 1.29 is 34.7 Å². The topological polar surface area (TPSA) is 84.0 Å². The third-order valence-corrected chi connectivity index (χ3v) is 8.84. The van der Waals surface area contributed by atoms with Gasteiger partial charge in [0.25, 0.3) is 0 Å². The summed E-state index contributed by atoms with van der Waals surface area (Å²) in [7, 11) is -6.78. The highest BCUT2D eigenvalue weighted by molar-refractivity contribution is 7.89. The van der Waals surface area contributed by atoms with Crippen LogP contribution in [0.3, 0.4) is 0 Å². The Balaban J connectivity index is 1.78. The standard InChI is InChI=1S/C18H18ClF3N2O5S2/c1-29-17-6-5-15(12-16(17)19)31(27,28)24-9-7-23(8-10-24)30(25,26)14-4-2-3-13(11-14)18(20,21)22/h2-6,11-12H,7-10H2,1H3. The van der Waals surface area contributed by atoms with E-state index in [4.69, 9.17) is 16.3 Å². The predicted molar refractivity (Wildman–Crippen MR) is 107 cm³/mol. The maximum absolute atomic E-state index is 12.9. The number of halogens is 4. The van der Waals surface area contributed by atoms with Gasteiger partial charge in [-0.25, -0.2) is 16.8 Å². The van der Waals surface area contributed by atoms with Gasteiger partial charge in [-0.15, -0.1) is 0 Å². The van der Waals surface area contributed by atoms with E-state index in [-0.39, 0.29) is 36.1 Å². The minimum Gasteiger partial charge on any atom is -0.495 e. The molecule has 0 aromatic heterocycles. The summed E-state index contributed by atoms with van der Waals surface area (Å²) in [4.78, 5) is -0.576. The van der Waals surface area contributed by atoms with E-state index in [0.29, 0.717) is 11.8 Å². The van der Waals surface area contributed by atoms with Crippen molar-refractivity contribution >= 4 is 31.6 Å². The Morgan fingerprint density at radius 3 is 1.84 bits per heavy atom. The van der Waals surface area contributed by atoms with Crippen LogP contribution in [-0.2, 0) is 26.2 Å². The lowest BCUT2D eigenvalue weighted by molar-refractivity contribution is -0.137. The third-order valence-electron chi connectivity index (χ3n) is 4.76. The first kappa shape index (κ1) is 23.8. The van der Waals surface area contributed by atoms with Gasteiger partial charge >= 0.3 is 6.18 Å². The minimum atomic E-state index is -4.68. The number of methoxy groups -OCH3 is 1. The van der Waals surface area contributed by atoms with Gasteiger partial charge in [0.05, 0.1) is 27.5 Å². The normalized spacial score (nSPS) is 16.9. The molecule has 0 amide bonds. The highest BCUT2D eigenvalue weighted by Crippen LogP contribution is 2.32. The molecule has 0 aliphatic carbocycles. The molecule has 170 valence electrons. The van der Waals surface area contributed by atoms with Gasteiger partial charge < -0.3 is 4.74 Å². The lowest BCUT2D eigenvalue weighted by Crippen LogP contribution is -2.50. The monoisotopic (exact) mass is 498 g/mol. The van der Waals surface area contributed by atoms with E-state index in [0.717, 1.165) is 26.8 Å². The second kappa shape index (κ2) is 8.58. The maximum Gasteiger partial charge on any atom is 0.416 e. The quantitative estimate of drug-likeness (QED) is 0.632. The van der Waals surface area contributed by atoms with Crippen LogP contribution in [0.15, 0.2) is 52.3 Å². The van der Waals surface area contributed by atoms with Gasteiger partial charge in [-0.05, 0) is 36.4 Å². The minimum absolute atomic E-state index is 0.0764. The van der Waals surface area contributed by atoms with Crippen LogP contribution in [0, 0.1) is 0 Å². The number of hydrogen-bond donors (Lipinski definition) is 0. The van der Waals surface area contributed by atoms with Crippen molar-refractivity contribution in [2.24, 2.45) is 0 Å². The van der Waals surface area contributed by atoms with Crippen LogP contribution >= 0.6 is 11.6 Å². The Morgan fingerprint density at radius 2 is 1.39 bits per heavy atom. The number of ether oxygens (including phenoxy) is 1. The zero-order chi connectivity index (χ0) is 23.0. The summed E-state index contributed by atoms with van der Waals surface area (Å²) in [6.07, 6.45) is -4.68. The molecule has 0 saturated carbocycles. The molecule has 0 spiro atoms. The zero-order valence-electron chi connectivity index (χ0n) is 16.1. The summed E-state index contributed by atoms with van der Waals surface area (Å²) < 4.78 is 97.1. The fourth-order valence-electron chi connectivity index (χ4n) is 3.09. The Kier molecular flexibility index (Phi) is 6.59. The van der Waals surface area contributed by atoms with Gasteiger partial charge in [0.15, 0.2) is 0 Å². The molecule has 1 fully saturated rings. The smallest absolute Gasteiger partial charge is 0.416 e. The van der Waals surface area contributed by atoms with Crippen LogP contribution in [0.2, 0.25) is 5.02 Å². The fourth-order valence-corrected chi connectivity index (χ4v) is 6.33. The van der Waals surface area contributed by atoms with Crippen LogP contribution < -0.4 is 4.74 Å². The Labute approximate surface area is 183 Å². The molecule has 0 N–H and O–H groups in total. The fraction of sp³-hybridized carbons (Fsp3) is 0.333. The SMILES string of the molecule is COc1ccc(S(=O)(=O)N2CCN(S(=O)(=O)c3cccc(C(F)(F)F)c3)CC2)cc1Cl. The second-order valence-electron chi connectivity index (χ2n) is 6.63. The van der Waals surface area contributed by atoms with Crippen molar-refractivity contribution in [2.45, 2.75) is 16.0 Å². The molecular formula is C18H18ClF3N2O5S2. The summed E-state index contributed by atoms with van der Waals surface area (Å²) in [6, 6.07) is 7.41. The summed E-state index contributed by atoms with van der Waals surface area (Å²) in [5.74, 6) is 0.303. The molecule has 0 radical (unpaired) electrons. The van der Waals surface area contributed by atoms with Crippen LogP contribution in [-0.4, -0.2) is 58.7 Å². The number of alkyl halides is 3. The third kappa shape index (κ3) is 4.82. The number of sulfonamides is 2. The maximum atomic E-state index is 12.9. The van der Waals surface area contributed by atoms with E-state index < -0.39 is 36.7 Å². The van der Waals surface area contributed by atoms with Crippen molar-refractivity contribution in [3.05, 3.63) is 53.1 Å². The lowest BCUT2D eigenvalue weighted by atomic mass is 10.2. The van der Waals surface area contributed by atoms with E-state index in [1.165, 1.54) is 25.3 Å². The molecule has 1 saturated heterocycles. The summed E-state index contributed by atoms with van der Waals surface area (Å²) in [5.41, 5.74) is -1.08. The molecule has 1 aliphatic heterocycles. The van der Waals surface area contributed by atoms with Crippen LogP contribution in [0.4, 0.5) is 13.2 Å². The highest BCUT2D eigenvalue weighted by atomic mass is 35.5. The molecule has 0 atom stereocenters. The average Bonchev–Trinajstić information content (AvgIpc) is 2.73. The van der Waals surface area contributed by atoms with Gasteiger partial charge in [-0.3, -0.25) is 0 Å². The van der Waals surface area contributed by atoms with Crippen LogP contribution in [0.5, 0.6) is 5.75 Å². The summed E-state index contributed by atoms with van der Waals surface area (Å²) in [6.45, 7) is -0.738. The summed E-state index contributed by atoms with van der Waals surface area (Å²) >= 11 is 5.99. The lowest BCUT2D eigenvalue weighted by Gasteiger charge is -2.33. The van der Waals surface area contributed by atoms with E-state index >= 15 is 0 Å². The van der Waals surface area contributed by atoms with E-state index in [9.17, 15) is 30.0 Å². The molecule has 31 heavy (non-hydrogen) atoms. The van der Waals surface area contributed by atoms with Gasteiger partial charge in [0.2, 0.25) is 20.0 Å². The van der Waals surface area contributed by atoms with E-state index in [2.05, 4.69) is 0 Å². The van der Waals surface area contributed by atoms with Crippen molar-refractivity contribution in [2.75, 3.05) is 33.3 Å². The van der Waals surface area contributed by atoms with Gasteiger partial charge in [0.1, 0.15) is 5.75 Å². The number of hydrogen-bond acceptors (Lipinski definition) is 5. The van der Waals surface area contributed by atoms with Gasteiger partial charge in [0, 0.05) is 26.2 Å². The van der Waals surface area contributed by atoms with Crippen molar-refractivity contribution in [3.63, 3.8) is 0 Å². The first-order valence-corrected chi connectivity index (χ1v) is 12.1. The van der Waals surface area contributed by atoms with Crippen molar-refractivity contribution in [1.29, 1.82) is 0 Å². The molecule has 1 aliphatic rings. The van der Waals surface area contributed by atoms with E-state index in [1.54, 1.807) is 0 Å². The molecule has 0 unspecified atom stereocenters. The van der Waals surface area contributed by atoms with Crippen LogP contribution in [0.25, 0.3) is 0 Å². The number of benzene rings is 2. The van der Waals surface area contributed by atoms with Crippen molar-refractivity contribution in [1.82, 2.24) is 8.61 Å². The molecule has 3 rings (SSSR count). The van der Waals surface area contributed by atoms with Gasteiger partial charge in [-0.1, -0.05) is 17.7 Å². The number of rotatable bonds is 5. The van der Waals surface area contributed by atoms with Crippen LogP contribution in [0.1, 0.15) is 5.56 Å². The Hall–Kier alpha value is -1.86. The first-order chi connectivity index (χ1) is 14.4. The predicted octanol–water partition coefficient (Wildman–Crippen LogP) is 3.06. The van der Waals surface area contributed by atoms with Crippen molar-refractivity contribution in [3.8, 4) is 5.75 Å². The first-order valence-electron chi connectivity index (χ1n) is 8.88. The average molecular weight is 499 g/mol. The molecular weight excluding hydrogens is 481 g/mol. The molecule has 1 heterocycles. The Bertz CT molecular complexity index is 1180. The molecule has 13 heteroatoms. The van der Waals surface area contributed by atoms with Gasteiger partial charge in [-0.2, -0.15) is 21.8 Å². The Morgan fingerprint density at radius 1 is 0.871 bits per heavy atom. The zero-order valence-corrected chi connectivity index (χ0v) is 18.5. The molecule has 2 aromatic carbocycles. The molecule has 2 aromatic rings. The second-order valence-corrected chi connectivity index (χ2v) is 10.9. The largest absolute Gasteiger partial charge is 0.495 e. The molecule has 0 bridgehead atoms.